The fourth-order valence-electron chi connectivity index (χ4n) is 2.21. The molecule has 0 unspecified atom stereocenters. The van der Waals surface area contributed by atoms with E-state index in [-0.39, 0.29) is 5.91 Å². The molecule has 0 spiro atoms. The highest BCUT2D eigenvalue weighted by Gasteiger charge is 2.22. The molecule has 2 N–H and O–H groups in total. The molecule has 0 radical (unpaired) electrons. The number of thioether (sulfide) groups is 1. The first kappa shape index (κ1) is 19.0. The molecular formula is C17H17NO5S2. The monoisotopic (exact) mass is 379 g/mol. The Hall–Kier alpha value is -2.32. The number of carboxylic acid groups (broad SMARTS) is 1. The maximum absolute atomic E-state index is 11.8. The van der Waals surface area contributed by atoms with E-state index in [1.165, 1.54) is 11.8 Å². The van der Waals surface area contributed by atoms with Gasteiger partial charge in [0.2, 0.25) is 0 Å². The number of allylic oxidation sites excluding steroid dienone is 1. The predicted molar refractivity (Wildman–Crippen MR) is 101 cm³/mol. The lowest BCUT2D eigenvalue weighted by molar-refractivity contribution is -0.139. The van der Waals surface area contributed by atoms with Crippen LogP contribution >= 0.6 is 24.0 Å². The minimum Gasteiger partial charge on any atom is -0.490 e. The molecule has 1 aliphatic heterocycles. The second-order valence-corrected chi connectivity index (χ2v) is 6.69. The van der Waals surface area contributed by atoms with Crippen molar-refractivity contribution < 1.29 is 24.2 Å². The Balaban J connectivity index is 2.46. The number of carbonyl (C=O) groups excluding carboxylic acids is 1. The van der Waals surface area contributed by atoms with E-state index in [0.29, 0.717) is 33.8 Å². The van der Waals surface area contributed by atoms with Gasteiger partial charge in [0, 0.05) is 5.56 Å². The van der Waals surface area contributed by atoms with Gasteiger partial charge in [-0.25, -0.2) is 4.79 Å². The molecule has 1 aliphatic rings. The quantitative estimate of drug-likeness (QED) is 0.408. The van der Waals surface area contributed by atoms with Gasteiger partial charge in [0.15, 0.2) is 18.1 Å². The minimum absolute atomic E-state index is 0.246. The number of hydrogen-bond donors (Lipinski definition) is 2. The van der Waals surface area contributed by atoms with Crippen LogP contribution in [0.3, 0.4) is 0 Å². The number of aliphatic carboxylic acids is 1. The summed E-state index contributed by atoms with van der Waals surface area (Å²) in [5.74, 6) is -0.540. The predicted octanol–water partition coefficient (Wildman–Crippen LogP) is 2.77. The number of carbonyl (C=O) groups is 2. The van der Waals surface area contributed by atoms with Crippen LogP contribution < -0.4 is 14.8 Å². The summed E-state index contributed by atoms with van der Waals surface area (Å²) in [6.45, 7) is 5.44. The topological polar surface area (TPSA) is 84.9 Å². The molecule has 1 saturated heterocycles. The van der Waals surface area contributed by atoms with Crippen LogP contribution in [0, 0.1) is 0 Å². The van der Waals surface area contributed by atoms with Crippen molar-refractivity contribution in [3.63, 3.8) is 0 Å². The SMILES string of the molecule is C=CCc1cc(/C=C2/SC(=S)NC2=O)cc(OCC)c1OCC(=O)O. The maximum Gasteiger partial charge on any atom is 0.341 e. The van der Waals surface area contributed by atoms with Crippen molar-refractivity contribution in [1.82, 2.24) is 5.32 Å². The molecule has 1 amide bonds. The zero-order chi connectivity index (χ0) is 18.4. The van der Waals surface area contributed by atoms with Crippen molar-refractivity contribution in [3.05, 3.63) is 40.8 Å². The van der Waals surface area contributed by atoms with Crippen molar-refractivity contribution in [2.45, 2.75) is 13.3 Å². The highest BCUT2D eigenvalue weighted by atomic mass is 32.2. The van der Waals surface area contributed by atoms with E-state index in [9.17, 15) is 9.59 Å². The normalized spacial score (nSPS) is 15.2. The fraction of sp³-hybridized carbons (Fsp3) is 0.235. The zero-order valence-corrected chi connectivity index (χ0v) is 15.2. The Morgan fingerprint density at radius 1 is 1.44 bits per heavy atom. The third-order valence-corrected chi connectivity index (χ3v) is 4.26. The molecule has 1 heterocycles. The summed E-state index contributed by atoms with van der Waals surface area (Å²) in [5, 5.41) is 11.4. The standard InChI is InChI=1S/C17H17NO5S2/c1-3-5-11-6-10(8-13-16(21)18-17(24)25-13)7-12(22-4-2)15(11)23-9-14(19)20/h3,6-8H,1,4-5,9H2,2H3,(H,19,20)(H,18,21,24)/b13-8+. The second-order valence-electron chi connectivity index (χ2n) is 4.97. The van der Waals surface area contributed by atoms with Gasteiger partial charge in [-0.2, -0.15) is 0 Å². The van der Waals surface area contributed by atoms with Crippen molar-refractivity contribution in [3.8, 4) is 11.5 Å². The van der Waals surface area contributed by atoms with Crippen LogP contribution in [0.5, 0.6) is 11.5 Å². The summed E-state index contributed by atoms with van der Waals surface area (Å²) >= 11 is 6.17. The number of ether oxygens (including phenoxy) is 2. The number of nitrogens with one attached hydrogen (secondary N) is 1. The van der Waals surface area contributed by atoms with Gasteiger partial charge in [-0.05, 0) is 37.1 Å². The van der Waals surface area contributed by atoms with E-state index in [4.69, 9.17) is 26.8 Å². The lowest BCUT2D eigenvalue weighted by Crippen LogP contribution is -2.17. The van der Waals surface area contributed by atoms with E-state index >= 15 is 0 Å². The molecule has 0 aliphatic carbocycles. The molecule has 8 heteroatoms. The first-order valence-corrected chi connectivity index (χ1v) is 8.67. The number of thiocarbonyl (C=S) groups is 1. The van der Waals surface area contributed by atoms with Gasteiger partial charge in [-0.3, -0.25) is 4.79 Å². The Bertz CT molecular complexity index is 758. The van der Waals surface area contributed by atoms with Crippen LogP contribution in [0.4, 0.5) is 0 Å². The molecule has 6 nitrogen and oxygen atoms in total. The number of hydrogen-bond acceptors (Lipinski definition) is 6. The molecule has 2 rings (SSSR count). The highest BCUT2D eigenvalue weighted by Crippen LogP contribution is 2.36. The number of rotatable bonds is 8. The zero-order valence-electron chi connectivity index (χ0n) is 13.5. The molecule has 0 atom stereocenters. The summed E-state index contributed by atoms with van der Waals surface area (Å²) in [6, 6.07) is 3.51. The average molecular weight is 379 g/mol. The van der Waals surface area contributed by atoms with Crippen LogP contribution in [0.25, 0.3) is 6.08 Å². The van der Waals surface area contributed by atoms with Gasteiger partial charge in [-0.1, -0.05) is 30.1 Å². The Morgan fingerprint density at radius 2 is 2.20 bits per heavy atom. The highest BCUT2D eigenvalue weighted by molar-refractivity contribution is 8.26. The Labute approximate surface area is 154 Å². The fourth-order valence-corrected chi connectivity index (χ4v) is 3.25. The van der Waals surface area contributed by atoms with Crippen LogP contribution in [0.2, 0.25) is 0 Å². The van der Waals surface area contributed by atoms with E-state index in [2.05, 4.69) is 11.9 Å². The van der Waals surface area contributed by atoms with Gasteiger partial charge in [0.25, 0.3) is 5.91 Å². The van der Waals surface area contributed by atoms with E-state index < -0.39 is 12.6 Å². The summed E-state index contributed by atoms with van der Waals surface area (Å²) < 4.78 is 11.4. The summed E-state index contributed by atoms with van der Waals surface area (Å²) in [5.41, 5.74) is 1.45. The largest absolute Gasteiger partial charge is 0.490 e. The van der Waals surface area contributed by atoms with Crippen LogP contribution in [0.15, 0.2) is 29.7 Å². The molecule has 1 aromatic carbocycles. The Kier molecular flexibility index (Phi) is 6.60. The first-order valence-electron chi connectivity index (χ1n) is 7.44. The van der Waals surface area contributed by atoms with E-state index in [1.807, 2.05) is 13.0 Å². The van der Waals surface area contributed by atoms with Gasteiger partial charge in [0.1, 0.15) is 4.32 Å². The lowest BCUT2D eigenvalue weighted by atomic mass is 10.0. The summed E-state index contributed by atoms with van der Waals surface area (Å²) in [7, 11) is 0. The summed E-state index contributed by atoms with van der Waals surface area (Å²) in [4.78, 5) is 23.1. The average Bonchev–Trinajstić information content (AvgIpc) is 2.84. The van der Waals surface area contributed by atoms with Gasteiger partial charge >= 0.3 is 5.97 Å². The summed E-state index contributed by atoms with van der Waals surface area (Å²) in [6.07, 6.45) is 3.85. The lowest BCUT2D eigenvalue weighted by Gasteiger charge is -2.16. The molecule has 0 saturated carbocycles. The van der Waals surface area contributed by atoms with Gasteiger partial charge in [0.05, 0.1) is 11.5 Å². The van der Waals surface area contributed by atoms with Crippen molar-refractivity contribution in [2.75, 3.05) is 13.2 Å². The second kappa shape index (κ2) is 8.68. The molecule has 132 valence electrons. The number of benzene rings is 1. The van der Waals surface area contributed by atoms with Gasteiger partial charge in [-0.15, -0.1) is 6.58 Å². The van der Waals surface area contributed by atoms with Crippen LogP contribution in [0.1, 0.15) is 18.1 Å². The molecule has 1 fully saturated rings. The molecular weight excluding hydrogens is 362 g/mol. The third-order valence-electron chi connectivity index (χ3n) is 3.10. The first-order chi connectivity index (χ1) is 11.9. The molecule has 1 aromatic rings. The van der Waals surface area contributed by atoms with Crippen molar-refractivity contribution in [1.29, 1.82) is 0 Å². The molecule has 25 heavy (non-hydrogen) atoms. The van der Waals surface area contributed by atoms with Crippen LogP contribution in [-0.4, -0.2) is 34.5 Å². The van der Waals surface area contributed by atoms with Gasteiger partial charge < -0.3 is 19.9 Å². The number of carboxylic acids is 1. The van der Waals surface area contributed by atoms with E-state index in [1.54, 1.807) is 18.2 Å². The molecule has 0 aromatic heterocycles. The molecule has 0 bridgehead atoms. The third kappa shape index (κ3) is 5.07. The maximum atomic E-state index is 11.8. The van der Waals surface area contributed by atoms with E-state index in [0.717, 1.165) is 11.1 Å². The van der Waals surface area contributed by atoms with Crippen molar-refractivity contribution >= 4 is 46.3 Å². The number of amides is 1. The van der Waals surface area contributed by atoms with Crippen molar-refractivity contribution in [2.24, 2.45) is 0 Å². The Morgan fingerprint density at radius 3 is 2.76 bits per heavy atom. The smallest absolute Gasteiger partial charge is 0.341 e. The minimum atomic E-state index is -1.08. The van der Waals surface area contributed by atoms with Crippen LogP contribution in [-0.2, 0) is 16.0 Å².